The third-order valence-corrected chi connectivity index (χ3v) is 4.64. The molecule has 0 aliphatic carbocycles. The number of hydrogen-bond acceptors (Lipinski definition) is 5. The van der Waals surface area contributed by atoms with E-state index in [1.54, 1.807) is 6.07 Å². The second kappa shape index (κ2) is 7.45. The van der Waals surface area contributed by atoms with Gasteiger partial charge in [0, 0.05) is 6.54 Å². The lowest BCUT2D eigenvalue weighted by atomic mass is 10.1. The monoisotopic (exact) mass is 344 g/mol. The van der Waals surface area contributed by atoms with Crippen LogP contribution < -0.4 is 10.5 Å². The molecule has 3 N–H and O–H groups in total. The van der Waals surface area contributed by atoms with E-state index < -0.39 is 10.0 Å². The van der Waals surface area contributed by atoms with Crippen LogP contribution in [0.4, 0.5) is 5.69 Å². The number of likely N-dealkylation sites (N-methyl/N-ethyl adjacent to an activating group) is 1. The van der Waals surface area contributed by atoms with E-state index in [1.807, 2.05) is 50.5 Å². The van der Waals surface area contributed by atoms with Gasteiger partial charge in [0.05, 0.1) is 22.2 Å². The lowest BCUT2D eigenvalue weighted by Crippen LogP contribution is -2.27. The molecule has 126 valence electrons. The van der Waals surface area contributed by atoms with E-state index in [0.29, 0.717) is 12.2 Å². The molecule has 0 amide bonds. The van der Waals surface area contributed by atoms with Gasteiger partial charge >= 0.3 is 0 Å². The fourth-order valence-electron chi connectivity index (χ4n) is 2.43. The Morgan fingerprint density at radius 3 is 2.42 bits per heavy atom. The van der Waals surface area contributed by atoms with E-state index in [0.717, 1.165) is 5.56 Å². The van der Waals surface area contributed by atoms with Crippen LogP contribution in [0.2, 0.25) is 0 Å². The zero-order valence-corrected chi connectivity index (χ0v) is 14.4. The van der Waals surface area contributed by atoms with Crippen molar-refractivity contribution in [3.05, 3.63) is 59.7 Å². The average Bonchev–Trinajstić information content (AvgIpc) is 2.55. The number of nitrogens with two attached hydrogens (primary N) is 1. The van der Waals surface area contributed by atoms with Crippen molar-refractivity contribution in [1.82, 2.24) is 4.90 Å². The highest BCUT2D eigenvalue weighted by atomic mass is 32.2. The van der Waals surface area contributed by atoms with Crippen LogP contribution in [-0.4, -0.2) is 34.0 Å². The van der Waals surface area contributed by atoms with Crippen LogP contribution in [0.3, 0.4) is 0 Å². The van der Waals surface area contributed by atoms with Crippen LogP contribution in [0.5, 0.6) is 0 Å². The summed E-state index contributed by atoms with van der Waals surface area (Å²) < 4.78 is 22.8. The van der Waals surface area contributed by atoms with E-state index in [9.17, 15) is 13.7 Å². The second-order valence-electron chi connectivity index (χ2n) is 5.64. The number of primary sulfonamides is 1. The summed E-state index contributed by atoms with van der Waals surface area (Å²) in [6.07, 6.45) is 0. The number of nitrogens with zero attached hydrogens (tertiary/aromatic N) is 2. The smallest absolute Gasteiger partial charge is 0.238 e. The minimum absolute atomic E-state index is 0.0724. The maximum absolute atomic E-state index is 11.4. The van der Waals surface area contributed by atoms with Gasteiger partial charge in [-0.05, 0) is 37.9 Å². The Labute approximate surface area is 142 Å². The van der Waals surface area contributed by atoms with Crippen molar-refractivity contribution in [2.75, 3.05) is 26.0 Å². The predicted molar refractivity (Wildman–Crippen MR) is 93.9 cm³/mol. The Morgan fingerprint density at radius 2 is 1.88 bits per heavy atom. The summed E-state index contributed by atoms with van der Waals surface area (Å²) in [6, 6.07) is 16.4. The van der Waals surface area contributed by atoms with E-state index in [1.165, 1.54) is 12.1 Å². The summed E-state index contributed by atoms with van der Waals surface area (Å²) in [7, 11) is 0.135. The first-order chi connectivity index (χ1) is 11.3. The number of hydrogen-bond donors (Lipinski definition) is 2. The van der Waals surface area contributed by atoms with Crippen molar-refractivity contribution >= 4 is 15.7 Å². The van der Waals surface area contributed by atoms with Crippen LogP contribution in [0, 0.1) is 11.3 Å². The molecule has 0 spiro atoms. The third kappa shape index (κ3) is 4.32. The first-order valence-electron chi connectivity index (χ1n) is 7.35. The second-order valence-corrected chi connectivity index (χ2v) is 7.20. The van der Waals surface area contributed by atoms with Gasteiger partial charge in [0.25, 0.3) is 0 Å². The molecule has 1 atom stereocenters. The van der Waals surface area contributed by atoms with E-state index in [-0.39, 0.29) is 16.5 Å². The van der Waals surface area contributed by atoms with Crippen LogP contribution in [0.25, 0.3) is 0 Å². The average molecular weight is 344 g/mol. The summed E-state index contributed by atoms with van der Waals surface area (Å²) in [4.78, 5) is 2.00. The Morgan fingerprint density at radius 1 is 1.21 bits per heavy atom. The molecule has 0 fully saturated rings. The Kier molecular flexibility index (Phi) is 5.57. The number of nitrogens with one attached hydrogen (secondary N) is 1. The fourth-order valence-corrected chi connectivity index (χ4v) is 2.97. The van der Waals surface area contributed by atoms with Gasteiger partial charge in [0.1, 0.15) is 6.07 Å². The molecule has 0 radical (unpaired) electrons. The number of anilines is 1. The van der Waals surface area contributed by atoms with Crippen molar-refractivity contribution in [3.8, 4) is 6.07 Å². The molecule has 0 aromatic heterocycles. The van der Waals surface area contributed by atoms with Crippen molar-refractivity contribution in [2.24, 2.45) is 5.14 Å². The minimum atomic E-state index is -3.83. The predicted octanol–water partition coefficient (Wildman–Crippen LogP) is 1.92. The zero-order valence-electron chi connectivity index (χ0n) is 13.6. The molecule has 0 heterocycles. The molecule has 1 unspecified atom stereocenters. The maximum Gasteiger partial charge on any atom is 0.238 e. The molecule has 2 rings (SSSR count). The molecular formula is C17H20N4O2S. The van der Waals surface area contributed by atoms with Gasteiger partial charge in [-0.25, -0.2) is 13.6 Å². The van der Waals surface area contributed by atoms with E-state index in [4.69, 9.17) is 5.14 Å². The van der Waals surface area contributed by atoms with Gasteiger partial charge in [-0.1, -0.05) is 30.3 Å². The summed E-state index contributed by atoms with van der Waals surface area (Å²) in [5.74, 6) is 0. The lowest BCUT2D eigenvalue weighted by molar-refractivity contribution is 0.312. The van der Waals surface area contributed by atoms with E-state index >= 15 is 0 Å². The van der Waals surface area contributed by atoms with Crippen LogP contribution in [0.1, 0.15) is 17.2 Å². The summed E-state index contributed by atoms with van der Waals surface area (Å²) in [5.41, 5.74) is 1.97. The molecule has 6 nitrogen and oxygen atoms in total. The summed E-state index contributed by atoms with van der Waals surface area (Å²) in [6.45, 7) is 0.570. The largest absolute Gasteiger partial charge is 0.382 e. The van der Waals surface area contributed by atoms with Gasteiger partial charge < -0.3 is 10.2 Å². The quantitative estimate of drug-likeness (QED) is 0.834. The van der Waals surface area contributed by atoms with Crippen molar-refractivity contribution in [3.63, 3.8) is 0 Å². The van der Waals surface area contributed by atoms with Crippen LogP contribution in [0.15, 0.2) is 53.4 Å². The van der Waals surface area contributed by atoms with Crippen molar-refractivity contribution in [2.45, 2.75) is 10.9 Å². The molecule has 0 bridgehead atoms. The Balaban J connectivity index is 2.23. The Bertz CT molecular complexity index is 843. The maximum atomic E-state index is 11.4. The third-order valence-electron chi connectivity index (χ3n) is 3.73. The van der Waals surface area contributed by atoms with Gasteiger partial charge in [0.2, 0.25) is 10.0 Å². The van der Waals surface area contributed by atoms with Crippen LogP contribution >= 0.6 is 0 Å². The SMILES string of the molecule is CN(C)C(CNc1ccc(S(N)(=O)=O)cc1C#N)c1ccccc1. The van der Waals surface area contributed by atoms with Gasteiger partial charge in [-0.3, -0.25) is 0 Å². The Hall–Kier alpha value is -2.40. The highest BCUT2D eigenvalue weighted by molar-refractivity contribution is 7.89. The number of nitriles is 1. The topological polar surface area (TPSA) is 99.2 Å². The van der Waals surface area contributed by atoms with E-state index in [2.05, 4.69) is 10.2 Å². The number of rotatable bonds is 6. The minimum Gasteiger partial charge on any atom is -0.382 e. The summed E-state index contributed by atoms with van der Waals surface area (Å²) >= 11 is 0. The molecule has 0 saturated carbocycles. The van der Waals surface area contributed by atoms with Gasteiger partial charge in [-0.2, -0.15) is 5.26 Å². The number of benzene rings is 2. The lowest BCUT2D eigenvalue weighted by Gasteiger charge is -2.25. The van der Waals surface area contributed by atoms with Gasteiger partial charge in [0.15, 0.2) is 0 Å². The molecule has 24 heavy (non-hydrogen) atoms. The van der Waals surface area contributed by atoms with Crippen molar-refractivity contribution in [1.29, 1.82) is 5.26 Å². The molecule has 0 saturated heterocycles. The highest BCUT2D eigenvalue weighted by Gasteiger charge is 2.16. The summed E-state index contributed by atoms with van der Waals surface area (Å²) in [5, 5.41) is 17.6. The fraction of sp³-hybridized carbons (Fsp3) is 0.235. The van der Waals surface area contributed by atoms with Crippen molar-refractivity contribution < 1.29 is 8.42 Å². The molecule has 0 aliphatic rings. The highest BCUT2D eigenvalue weighted by Crippen LogP contribution is 2.22. The standard InChI is InChI=1S/C17H20N4O2S/c1-21(2)17(13-6-4-3-5-7-13)12-20-16-9-8-15(24(19,22)23)10-14(16)11-18/h3-10,17,20H,12H2,1-2H3,(H2,19,22,23). The zero-order chi connectivity index (χ0) is 17.7. The first kappa shape index (κ1) is 17.9. The molecule has 7 heteroatoms. The molecule has 2 aromatic rings. The van der Waals surface area contributed by atoms with Gasteiger partial charge in [-0.15, -0.1) is 0 Å². The van der Waals surface area contributed by atoms with Crippen LogP contribution in [-0.2, 0) is 10.0 Å². The molecule has 2 aromatic carbocycles. The normalized spacial score (nSPS) is 12.6. The molecular weight excluding hydrogens is 324 g/mol. The molecule has 0 aliphatic heterocycles. The first-order valence-corrected chi connectivity index (χ1v) is 8.89. The number of sulfonamides is 1.